The molecule has 24 heavy (non-hydrogen) atoms. The summed E-state index contributed by atoms with van der Waals surface area (Å²) in [5, 5.41) is 10.9. The molecule has 2 aromatic rings. The van der Waals surface area contributed by atoms with E-state index in [0.717, 1.165) is 24.6 Å². The second kappa shape index (κ2) is 8.06. The summed E-state index contributed by atoms with van der Waals surface area (Å²) < 4.78 is 1.61. The Morgan fingerprint density at radius 2 is 2.00 bits per heavy atom. The van der Waals surface area contributed by atoms with E-state index >= 15 is 0 Å². The molecule has 128 valence electrons. The number of carbonyl (C=O) groups is 1. The Morgan fingerprint density at radius 1 is 1.25 bits per heavy atom. The van der Waals surface area contributed by atoms with Gasteiger partial charge in [0.05, 0.1) is 11.9 Å². The van der Waals surface area contributed by atoms with E-state index in [2.05, 4.69) is 27.5 Å². The Bertz CT molecular complexity index is 646. The van der Waals surface area contributed by atoms with Crippen LogP contribution in [0.5, 0.6) is 0 Å². The van der Waals surface area contributed by atoms with Crippen molar-refractivity contribution >= 4 is 5.91 Å². The molecule has 1 aromatic carbocycles. The second-order valence-corrected chi connectivity index (χ2v) is 6.52. The van der Waals surface area contributed by atoms with Gasteiger partial charge < -0.3 is 10.2 Å². The first-order chi connectivity index (χ1) is 11.7. The van der Waals surface area contributed by atoms with Gasteiger partial charge in [-0.3, -0.25) is 4.79 Å². The molecule has 0 bridgehead atoms. The lowest BCUT2D eigenvalue weighted by molar-refractivity contribution is 0.0945. The fourth-order valence-electron chi connectivity index (χ4n) is 2.96. The molecular weight excluding hydrogens is 302 g/mol. The highest BCUT2D eigenvalue weighted by Crippen LogP contribution is 2.15. The highest BCUT2D eigenvalue weighted by molar-refractivity contribution is 5.91. The van der Waals surface area contributed by atoms with E-state index in [1.54, 1.807) is 10.9 Å². The predicted molar refractivity (Wildman–Crippen MR) is 93.1 cm³/mol. The minimum Gasteiger partial charge on any atom is -0.351 e. The zero-order valence-electron chi connectivity index (χ0n) is 14.2. The molecule has 0 spiro atoms. The van der Waals surface area contributed by atoms with Gasteiger partial charge in [-0.1, -0.05) is 30.3 Å². The standard InChI is InChI=1S/C18H25N5O/c1-15-8-12-22(13-9-15)11-5-10-19-18(24)17-14-23(21-20-17)16-6-3-2-4-7-16/h2-4,6-7,14-15H,5,8-13H2,1H3,(H,19,24). The number of aromatic nitrogens is 3. The molecule has 0 unspecified atom stereocenters. The summed E-state index contributed by atoms with van der Waals surface area (Å²) >= 11 is 0. The largest absolute Gasteiger partial charge is 0.351 e. The second-order valence-electron chi connectivity index (χ2n) is 6.52. The first kappa shape index (κ1) is 16.6. The van der Waals surface area contributed by atoms with Crippen molar-refractivity contribution in [2.75, 3.05) is 26.2 Å². The molecule has 0 saturated carbocycles. The quantitative estimate of drug-likeness (QED) is 0.826. The fourth-order valence-corrected chi connectivity index (χ4v) is 2.96. The van der Waals surface area contributed by atoms with Crippen LogP contribution in [0.15, 0.2) is 36.5 Å². The third-order valence-electron chi connectivity index (χ3n) is 4.56. The highest BCUT2D eigenvalue weighted by atomic mass is 16.2. The number of rotatable bonds is 6. The fraction of sp³-hybridized carbons (Fsp3) is 0.500. The van der Waals surface area contributed by atoms with Gasteiger partial charge in [0, 0.05) is 6.54 Å². The Kier molecular flexibility index (Phi) is 5.59. The average molecular weight is 327 g/mol. The monoisotopic (exact) mass is 327 g/mol. The third kappa shape index (κ3) is 4.41. The molecule has 6 nitrogen and oxygen atoms in total. The Hall–Kier alpha value is -2.21. The lowest BCUT2D eigenvalue weighted by atomic mass is 9.99. The molecule has 3 rings (SSSR count). The van der Waals surface area contributed by atoms with Crippen molar-refractivity contribution in [3.63, 3.8) is 0 Å². The van der Waals surface area contributed by atoms with Crippen LogP contribution in [-0.4, -0.2) is 52.0 Å². The summed E-state index contributed by atoms with van der Waals surface area (Å²) in [6.45, 7) is 6.40. The number of carbonyl (C=O) groups excluding carboxylic acids is 1. The topological polar surface area (TPSA) is 63.1 Å². The van der Waals surface area contributed by atoms with Crippen LogP contribution < -0.4 is 5.32 Å². The number of hydrogen-bond acceptors (Lipinski definition) is 4. The summed E-state index contributed by atoms with van der Waals surface area (Å²) in [6, 6.07) is 9.65. The molecular formula is C18H25N5O. The molecule has 0 atom stereocenters. The van der Waals surface area contributed by atoms with Crippen molar-refractivity contribution in [2.45, 2.75) is 26.2 Å². The van der Waals surface area contributed by atoms with Crippen LogP contribution in [-0.2, 0) is 0 Å². The van der Waals surface area contributed by atoms with Crippen LogP contribution in [0.25, 0.3) is 5.69 Å². The van der Waals surface area contributed by atoms with Gasteiger partial charge in [-0.05, 0) is 56.9 Å². The zero-order chi connectivity index (χ0) is 16.8. The van der Waals surface area contributed by atoms with Crippen molar-refractivity contribution in [3.8, 4) is 5.69 Å². The van der Waals surface area contributed by atoms with Gasteiger partial charge in [0.2, 0.25) is 0 Å². The molecule has 0 radical (unpaired) electrons. The van der Waals surface area contributed by atoms with Crippen LogP contribution in [0.3, 0.4) is 0 Å². The molecule has 1 aromatic heterocycles. The smallest absolute Gasteiger partial charge is 0.273 e. The van der Waals surface area contributed by atoms with Gasteiger partial charge in [-0.2, -0.15) is 0 Å². The maximum atomic E-state index is 12.1. The lowest BCUT2D eigenvalue weighted by Gasteiger charge is -2.30. The van der Waals surface area contributed by atoms with Gasteiger partial charge in [0.25, 0.3) is 5.91 Å². The van der Waals surface area contributed by atoms with Crippen LogP contribution in [0.4, 0.5) is 0 Å². The number of nitrogens with one attached hydrogen (secondary N) is 1. The van der Waals surface area contributed by atoms with E-state index in [4.69, 9.17) is 0 Å². The van der Waals surface area contributed by atoms with Crippen molar-refractivity contribution in [1.29, 1.82) is 0 Å². The number of nitrogens with zero attached hydrogens (tertiary/aromatic N) is 4. The van der Waals surface area contributed by atoms with Crippen molar-refractivity contribution in [3.05, 3.63) is 42.2 Å². The van der Waals surface area contributed by atoms with Gasteiger partial charge >= 0.3 is 0 Å². The average Bonchev–Trinajstić information content (AvgIpc) is 3.11. The van der Waals surface area contributed by atoms with Gasteiger partial charge in [-0.25, -0.2) is 4.68 Å². The molecule has 1 amide bonds. The Morgan fingerprint density at radius 3 is 2.75 bits per heavy atom. The molecule has 1 fully saturated rings. The van der Waals surface area contributed by atoms with Crippen LogP contribution >= 0.6 is 0 Å². The molecule has 1 N–H and O–H groups in total. The first-order valence-electron chi connectivity index (χ1n) is 8.70. The summed E-state index contributed by atoms with van der Waals surface area (Å²) in [6.07, 6.45) is 5.20. The van der Waals surface area contributed by atoms with Gasteiger partial charge in [-0.15, -0.1) is 5.10 Å². The molecule has 2 heterocycles. The van der Waals surface area contributed by atoms with E-state index < -0.39 is 0 Å². The summed E-state index contributed by atoms with van der Waals surface area (Å²) in [5.74, 6) is 0.692. The van der Waals surface area contributed by atoms with Crippen LogP contribution in [0.1, 0.15) is 36.7 Å². The number of piperidine rings is 1. The van der Waals surface area contributed by atoms with Crippen molar-refractivity contribution in [2.24, 2.45) is 5.92 Å². The summed E-state index contributed by atoms with van der Waals surface area (Å²) in [7, 11) is 0. The van der Waals surface area contributed by atoms with E-state index in [-0.39, 0.29) is 5.91 Å². The van der Waals surface area contributed by atoms with E-state index in [1.807, 2.05) is 30.3 Å². The maximum Gasteiger partial charge on any atom is 0.273 e. The molecule has 1 aliphatic rings. The number of para-hydroxylation sites is 1. The van der Waals surface area contributed by atoms with Crippen molar-refractivity contribution in [1.82, 2.24) is 25.2 Å². The lowest BCUT2D eigenvalue weighted by Crippen LogP contribution is -2.35. The SMILES string of the molecule is CC1CCN(CCCNC(=O)c2cn(-c3ccccc3)nn2)CC1. The molecule has 1 aliphatic heterocycles. The molecule has 1 saturated heterocycles. The first-order valence-corrected chi connectivity index (χ1v) is 8.70. The Labute approximate surface area is 142 Å². The van der Waals surface area contributed by atoms with Gasteiger partial charge in [0.15, 0.2) is 5.69 Å². The molecule has 6 heteroatoms. The van der Waals surface area contributed by atoms with E-state index in [9.17, 15) is 4.79 Å². The number of amides is 1. The van der Waals surface area contributed by atoms with Crippen LogP contribution in [0.2, 0.25) is 0 Å². The van der Waals surface area contributed by atoms with Crippen LogP contribution in [0, 0.1) is 5.92 Å². The predicted octanol–water partition coefficient (Wildman–Crippen LogP) is 2.12. The number of hydrogen-bond donors (Lipinski definition) is 1. The van der Waals surface area contributed by atoms with E-state index in [0.29, 0.717) is 12.2 Å². The number of likely N-dealkylation sites (tertiary alicyclic amines) is 1. The van der Waals surface area contributed by atoms with Gasteiger partial charge in [0.1, 0.15) is 0 Å². The third-order valence-corrected chi connectivity index (χ3v) is 4.56. The molecule has 0 aliphatic carbocycles. The number of benzene rings is 1. The minimum atomic E-state index is -0.163. The minimum absolute atomic E-state index is 0.163. The maximum absolute atomic E-state index is 12.1. The summed E-state index contributed by atoms with van der Waals surface area (Å²) in [4.78, 5) is 14.6. The van der Waals surface area contributed by atoms with E-state index in [1.165, 1.54) is 25.9 Å². The normalized spacial score (nSPS) is 16.2. The van der Waals surface area contributed by atoms with Crippen molar-refractivity contribution < 1.29 is 4.79 Å². The Balaban J connectivity index is 1.42. The summed E-state index contributed by atoms with van der Waals surface area (Å²) in [5.41, 5.74) is 1.24. The highest BCUT2D eigenvalue weighted by Gasteiger charge is 2.15. The zero-order valence-corrected chi connectivity index (χ0v) is 14.2.